The monoisotopic (exact) mass is 322 g/mol. The molecule has 0 saturated carbocycles. The molecule has 0 atom stereocenters. The van der Waals surface area contributed by atoms with Gasteiger partial charge in [0.15, 0.2) is 0 Å². The first kappa shape index (κ1) is 15.8. The Balaban J connectivity index is 2.02. The van der Waals surface area contributed by atoms with Gasteiger partial charge in [0.05, 0.1) is 23.9 Å². The van der Waals surface area contributed by atoms with Crippen LogP contribution in [0.2, 0.25) is 0 Å². The number of ether oxygens (including phenoxy) is 1. The quantitative estimate of drug-likeness (QED) is 0.720. The van der Waals surface area contributed by atoms with Gasteiger partial charge in [0.25, 0.3) is 5.91 Å². The maximum Gasteiger partial charge on any atom is 0.339 e. The SMILES string of the molecule is COC(=O)c1ccccc1NC(=O)c1c(C)[nH]c2c(C)cccc12. The Morgan fingerprint density at radius 2 is 1.79 bits per heavy atom. The Bertz CT molecular complexity index is 941. The number of methoxy groups -OCH3 is 1. The molecular formula is C19H18N2O3. The highest BCUT2D eigenvalue weighted by molar-refractivity contribution is 6.15. The van der Waals surface area contributed by atoms with Gasteiger partial charge in [-0.15, -0.1) is 0 Å². The summed E-state index contributed by atoms with van der Waals surface area (Å²) in [6, 6.07) is 12.6. The highest BCUT2D eigenvalue weighted by Crippen LogP contribution is 2.26. The van der Waals surface area contributed by atoms with Crippen LogP contribution in [0.15, 0.2) is 42.5 Å². The Kier molecular flexibility index (Phi) is 4.08. The van der Waals surface area contributed by atoms with E-state index in [1.165, 1.54) is 7.11 Å². The molecule has 0 fully saturated rings. The van der Waals surface area contributed by atoms with E-state index in [4.69, 9.17) is 4.74 Å². The van der Waals surface area contributed by atoms with Crippen molar-refractivity contribution in [3.05, 3.63) is 64.8 Å². The molecule has 3 rings (SSSR count). The normalized spacial score (nSPS) is 10.6. The van der Waals surface area contributed by atoms with Crippen molar-refractivity contribution in [3.63, 3.8) is 0 Å². The fourth-order valence-corrected chi connectivity index (χ4v) is 2.85. The molecule has 1 heterocycles. The van der Waals surface area contributed by atoms with Gasteiger partial charge in [-0.1, -0.05) is 30.3 Å². The van der Waals surface area contributed by atoms with Gasteiger partial charge in [-0.2, -0.15) is 0 Å². The van der Waals surface area contributed by atoms with Gasteiger partial charge in [0, 0.05) is 16.6 Å². The topological polar surface area (TPSA) is 71.2 Å². The summed E-state index contributed by atoms with van der Waals surface area (Å²) >= 11 is 0. The molecule has 0 unspecified atom stereocenters. The number of hydrogen-bond acceptors (Lipinski definition) is 3. The number of carbonyl (C=O) groups is 2. The molecule has 122 valence electrons. The molecule has 5 heteroatoms. The fourth-order valence-electron chi connectivity index (χ4n) is 2.85. The van der Waals surface area contributed by atoms with E-state index in [0.29, 0.717) is 16.8 Å². The number of amides is 1. The summed E-state index contributed by atoms with van der Waals surface area (Å²) in [5, 5.41) is 3.68. The van der Waals surface area contributed by atoms with Gasteiger partial charge < -0.3 is 15.0 Å². The second kappa shape index (κ2) is 6.20. The summed E-state index contributed by atoms with van der Waals surface area (Å²) in [5.41, 5.74) is 4.13. The lowest BCUT2D eigenvalue weighted by Gasteiger charge is -2.10. The maximum atomic E-state index is 12.8. The standard InChI is InChI=1S/C19H18N2O3/c1-11-7-6-9-14-16(12(2)20-17(11)14)18(22)21-15-10-5-4-8-13(15)19(23)24-3/h4-10,20H,1-3H3,(H,21,22). The molecule has 0 saturated heterocycles. The molecule has 3 aromatic rings. The van der Waals surface area contributed by atoms with Crippen LogP contribution in [0.4, 0.5) is 5.69 Å². The lowest BCUT2D eigenvalue weighted by molar-refractivity contribution is 0.0602. The molecule has 0 aliphatic rings. The number of benzene rings is 2. The number of rotatable bonds is 3. The number of fused-ring (bicyclic) bond motifs is 1. The number of anilines is 1. The molecule has 1 aromatic heterocycles. The summed E-state index contributed by atoms with van der Waals surface area (Å²) < 4.78 is 4.76. The molecule has 2 aromatic carbocycles. The summed E-state index contributed by atoms with van der Waals surface area (Å²) in [7, 11) is 1.31. The zero-order chi connectivity index (χ0) is 17.3. The van der Waals surface area contributed by atoms with Gasteiger partial charge in [0.2, 0.25) is 0 Å². The molecule has 5 nitrogen and oxygen atoms in total. The summed E-state index contributed by atoms with van der Waals surface area (Å²) in [6.07, 6.45) is 0. The molecular weight excluding hydrogens is 304 g/mol. The van der Waals surface area contributed by atoms with Gasteiger partial charge in [0.1, 0.15) is 0 Å². The third-order valence-electron chi connectivity index (χ3n) is 4.04. The van der Waals surface area contributed by atoms with Gasteiger partial charge >= 0.3 is 5.97 Å². The molecule has 24 heavy (non-hydrogen) atoms. The highest BCUT2D eigenvalue weighted by atomic mass is 16.5. The van der Waals surface area contributed by atoms with Crippen LogP contribution in [0.3, 0.4) is 0 Å². The minimum absolute atomic E-state index is 0.263. The Morgan fingerprint density at radius 3 is 2.54 bits per heavy atom. The molecule has 0 aliphatic heterocycles. The number of nitrogens with one attached hydrogen (secondary N) is 2. The number of carbonyl (C=O) groups excluding carboxylic acids is 2. The minimum Gasteiger partial charge on any atom is -0.465 e. The van der Waals surface area contributed by atoms with Crippen molar-refractivity contribution in [2.24, 2.45) is 0 Å². The number of aromatic nitrogens is 1. The van der Waals surface area contributed by atoms with Crippen LogP contribution in [-0.2, 0) is 4.74 Å². The number of hydrogen-bond donors (Lipinski definition) is 2. The van der Waals surface area contributed by atoms with Crippen molar-refractivity contribution in [2.45, 2.75) is 13.8 Å². The van der Waals surface area contributed by atoms with Crippen molar-refractivity contribution < 1.29 is 14.3 Å². The first-order valence-electron chi connectivity index (χ1n) is 7.59. The number of esters is 1. The molecule has 0 bridgehead atoms. The molecule has 0 spiro atoms. The van der Waals surface area contributed by atoms with E-state index in [2.05, 4.69) is 10.3 Å². The van der Waals surface area contributed by atoms with Crippen molar-refractivity contribution in [3.8, 4) is 0 Å². The van der Waals surface area contributed by atoms with Crippen LogP contribution in [0.25, 0.3) is 10.9 Å². The van der Waals surface area contributed by atoms with Gasteiger partial charge in [-0.05, 0) is 31.5 Å². The lowest BCUT2D eigenvalue weighted by Crippen LogP contribution is -2.16. The van der Waals surface area contributed by atoms with Crippen molar-refractivity contribution in [2.75, 3.05) is 12.4 Å². The van der Waals surface area contributed by atoms with E-state index in [-0.39, 0.29) is 5.91 Å². The van der Waals surface area contributed by atoms with E-state index in [1.807, 2.05) is 32.0 Å². The first-order chi connectivity index (χ1) is 11.5. The lowest BCUT2D eigenvalue weighted by atomic mass is 10.1. The second-order valence-electron chi connectivity index (χ2n) is 5.61. The third kappa shape index (κ3) is 2.65. The van der Waals surface area contributed by atoms with Gasteiger partial charge in [-0.25, -0.2) is 4.79 Å². The van der Waals surface area contributed by atoms with Crippen LogP contribution >= 0.6 is 0 Å². The van der Waals surface area contributed by atoms with E-state index in [9.17, 15) is 9.59 Å². The number of H-pyrrole nitrogens is 1. The highest BCUT2D eigenvalue weighted by Gasteiger charge is 2.19. The van der Waals surface area contributed by atoms with Crippen LogP contribution in [-0.4, -0.2) is 24.0 Å². The van der Waals surface area contributed by atoms with Gasteiger partial charge in [-0.3, -0.25) is 4.79 Å². The van der Waals surface area contributed by atoms with E-state index >= 15 is 0 Å². The smallest absolute Gasteiger partial charge is 0.339 e. The predicted octanol–water partition coefficient (Wildman–Crippen LogP) is 3.82. The fraction of sp³-hybridized carbons (Fsp3) is 0.158. The summed E-state index contributed by atoms with van der Waals surface area (Å²) in [6.45, 7) is 3.85. The number of aryl methyl sites for hydroxylation is 2. The molecule has 2 N–H and O–H groups in total. The molecule has 0 aliphatic carbocycles. The van der Waals surface area contributed by atoms with E-state index < -0.39 is 5.97 Å². The Labute approximate surface area is 139 Å². The zero-order valence-electron chi connectivity index (χ0n) is 13.8. The van der Waals surface area contributed by atoms with Crippen LogP contribution in [0.5, 0.6) is 0 Å². The van der Waals surface area contributed by atoms with Crippen molar-refractivity contribution >= 4 is 28.5 Å². The van der Waals surface area contributed by atoms with Crippen molar-refractivity contribution in [1.82, 2.24) is 4.98 Å². The average Bonchev–Trinajstić information content (AvgIpc) is 2.92. The van der Waals surface area contributed by atoms with Crippen LogP contribution in [0, 0.1) is 13.8 Å². The summed E-state index contributed by atoms with van der Waals surface area (Å²) in [4.78, 5) is 27.9. The zero-order valence-corrected chi connectivity index (χ0v) is 13.8. The van der Waals surface area contributed by atoms with E-state index in [0.717, 1.165) is 22.2 Å². The van der Waals surface area contributed by atoms with E-state index in [1.54, 1.807) is 24.3 Å². The Morgan fingerprint density at radius 1 is 1.04 bits per heavy atom. The van der Waals surface area contributed by atoms with Crippen molar-refractivity contribution in [1.29, 1.82) is 0 Å². The second-order valence-corrected chi connectivity index (χ2v) is 5.61. The first-order valence-corrected chi connectivity index (χ1v) is 7.59. The molecule has 1 amide bonds. The minimum atomic E-state index is -0.489. The Hall–Kier alpha value is -3.08. The predicted molar refractivity (Wildman–Crippen MR) is 93.5 cm³/mol. The van der Waals surface area contributed by atoms with Crippen LogP contribution < -0.4 is 5.32 Å². The maximum absolute atomic E-state index is 12.8. The van der Waals surface area contributed by atoms with Crippen LogP contribution in [0.1, 0.15) is 32.0 Å². The number of para-hydroxylation sites is 2. The third-order valence-corrected chi connectivity index (χ3v) is 4.04. The number of aromatic amines is 1. The summed E-state index contributed by atoms with van der Waals surface area (Å²) in [5.74, 6) is -0.752. The molecule has 0 radical (unpaired) electrons. The average molecular weight is 322 g/mol. The largest absolute Gasteiger partial charge is 0.465 e.